The predicted molar refractivity (Wildman–Crippen MR) is 28.9 cm³/mol. The molecule has 1 atom stereocenters. The fourth-order valence-corrected chi connectivity index (χ4v) is 0. The molecular weight excluding hydrogens is 144 g/mol. The summed E-state index contributed by atoms with van der Waals surface area (Å²) in [5.74, 6) is 0. The number of halogens is 3. The van der Waals surface area contributed by atoms with Gasteiger partial charge in [0.1, 0.15) is 5.50 Å². The van der Waals surface area contributed by atoms with Gasteiger partial charge in [-0.15, -0.1) is 15.5 Å². The van der Waals surface area contributed by atoms with Crippen LogP contribution in [0.25, 0.3) is 0 Å². The Balaban J connectivity index is 2.99. The molecule has 0 bridgehead atoms. The van der Waals surface area contributed by atoms with Gasteiger partial charge in [-0.2, -0.15) is 0 Å². The van der Waals surface area contributed by atoms with Crippen LogP contribution in [0.4, 0.5) is 0 Å². The minimum Gasteiger partial charge on any atom is -0.114 e. The van der Waals surface area contributed by atoms with Crippen molar-refractivity contribution in [2.45, 2.75) is 12.4 Å². The zero-order valence-electron chi connectivity index (χ0n) is 3.16. The van der Waals surface area contributed by atoms with Gasteiger partial charge < -0.3 is 0 Å². The lowest BCUT2D eigenvalue weighted by Gasteiger charge is -2.01. The second kappa shape index (κ2) is 2.92. The maximum atomic E-state index is 5.27. The molecule has 0 amide bonds. The van der Waals surface area contributed by atoms with Gasteiger partial charge in [0.25, 0.3) is 0 Å². The zero-order valence-corrected chi connectivity index (χ0v) is 5.43. The van der Waals surface area contributed by atoms with E-state index in [4.69, 9.17) is 35.2 Å². The standard InChI is InChI=1S/C2H4Cl3N/c1-2(3)6(4)5/h2H,1H3. The molecule has 6 heavy (non-hydrogen) atoms. The minimum absolute atomic E-state index is 0.312. The average Bonchev–Trinajstić information content (AvgIpc) is 1.36. The molecule has 0 spiro atoms. The third kappa shape index (κ3) is 3.04. The van der Waals surface area contributed by atoms with Gasteiger partial charge in [-0.1, -0.05) is 0 Å². The fourth-order valence-electron chi connectivity index (χ4n) is 0. The van der Waals surface area contributed by atoms with Crippen LogP contribution < -0.4 is 0 Å². The third-order valence-electron chi connectivity index (χ3n) is 0.269. The molecular formula is C2H4Cl3N. The molecule has 0 fully saturated rings. The van der Waals surface area contributed by atoms with Crippen molar-refractivity contribution in [3.05, 3.63) is 0 Å². The Morgan fingerprint density at radius 3 is 1.67 bits per heavy atom. The van der Waals surface area contributed by atoms with E-state index in [9.17, 15) is 0 Å². The van der Waals surface area contributed by atoms with Crippen molar-refractivity contribution in [3.63, 3.8) is 0 Å². The van der Waals surface area contributed by atoms with Crippen molar-refractivity contribution in [1.82, 2.24) is 3.94 Å². The maximum Gasteiger partial charge on any atom is 0.112 e. The van der Waals surface area contributed by atoms with Gasteiger partial charge in [0, 0.05) is 0 Å². The van der Waals surface area contributed by atoms with Crippen LogP contribution in [0.5, 0.6) is 0 Å². The Morgan fingerprint density at radius 1 is 1.50 bits per heavy atom. The van der Waals surface area contributed by atoms with E-state index in [0.717, 1.165) is 3.94 Å². The summed E-state index contributed by atoms with van der Waals surface area (Å²) in [7, 11) is 0. The average molecular weight is 148 g/mol. The smallest absolute Gasteiger partial charge is 0.112 e. The van der Waals surface area contributed by atoms with E-state index in [1.807, 2.05) is 0 Å². The van der Waals surface area contributed by atoms with Crippen molar-refractivity contribution in [2.75, 3.05) is 0 Å². The van der Waals surface area contributed by atoms with Crippen molar-refractivity contribution in [1.29, 1.82) is 0 Å². The lowest BCUT2D eigenvalue weighted by molar-refractivity contribution is 0.685. The lowest BCUT2D eigenvalue weighted by atomic mass is 10.8. The highest BCUT2D eigenvalue weighted by atomic mass is 35.5. The van der Waals surface area contributed by atoms with E-state index < -0.39 is 0 Å². The largest absolute Gasteiger partial charge is 0.114 e. The van der Waals surface area contributed by atoms with Crippen LogP contribution in [0.3, 0.4) is 0 Å². The Hall–Kier alpha value is 0.830. The Kier molecular flexibility index (Phi) is 3.32. The van der Waals surface area contributed by atoms with Crippen molar-refractivity contribution < 1.29 is 0 Å². The first-order valence-electron chi connectivity index (χ1n) is 1.39. The quantitative estimate of drug-likeness (QED) is 0.313. The summed E-state index contributed by atoms with van der Waals surface area (Å²) in [6, 6.07) is 0. The van der Waals surface area contributed by atoms with Gasteiger partial charge >= 0.3 is 0 Å². The summed E-state index contributed by atoms with van der Waals surface area (Å²) in [6.07, 6.45) is 0. The SMILES string of the molecule is CC(Cl)N(Cl)Cl. The van der Waals surface area contributed by atoms with Gasteiger partial charge in [0.05, 0.1) is 0 Å². The van der Waals surface area contributed by atoms with Gasteiger partial charge in [-0.3, -0.25) is 0 Å². The number of alkyl halides is 1. The van der Waals surface area contributed by atoms with Gasteiger partial charge in [-0.25, -0.2) is 0 Å². The van der Waals surface area contributed by atoms with Crippen LogP contribution in [-0.4, -0.2) is 9.44 Å². The fraction of sp³-hybridized carbons (Fsp3) is 1.00. The normalized spacial score (nSPS) is 15.5. The first kappa shape index (κ1) is 6.83. The van der Waals surface area contributed by atoms with E-state index >= 15 is 0 Å². The maximum absolute atomic E-state index is 5.27. The van der Waals surface area contributed by atoms with E-state index in [0.29, 0.717) is 0 Å². The monoisotopic (exact) mass is 147 g/mol. The van der Waals surface area contributed by atoms with Crippen LogP contribution in [0.1, 0.15) is 6.92 Å². The van der Waals surface area contributed by atoms with E-state index in [-0.39, 0.29) is 5.50 Å². The Labute approximate surface area is 52.0 Å². The van der Waals surface area contributed by atoms with Crippen LogP contribution in [0.15, 0.2) is 0 Å². The molecule has 0 aliphatic carbocycles. The first-order valence-corrected chi connectivity index (χ1v) is 2.50. The molecule has 0 heterocycles. The molecule has 1 nitrogen and oxygen atoms in total. The molecule has 0 aliphatic heterocycles. The van der Waals surface area contributed by atoms with Crippen molar-refractivity contribution in [2.24, 2.45) is 0 Å². The topological polar surface area (TPSA) is 3.24 Å². The zero-order chi connectivity index (χ0) is 5.15. The molecule has 0 aromatic carbocycles. The number of hydrogen-bond acceptors (Lipinski definition) is 1. The molecule has 0 aromatic heterocycles. The molecule has 38 valence electrons. The molecule has 4 heteroatoms. The van der Waals surface area contributed by atoms with Crippen molar-refractivity contribution in [3.8, 4) is 0 Å². The lowest BCUT2D eigenvalue weighted by Crippen LogP contribution is -2.04. The second-order valence-corrected chi connectivity index (χ2v) is 2.37. The minimum atomic E-state index is -0.312. The summed E-state index contributed by atoms with van der Waals surface area (Å²) in [6.45, 7) is 1.67. The van der Waals surface area contributed by atoms with E-state index in [1.54, 1.807) is 6.92 Å². The highest BCUT2D eigenvalue weighted by molar-refractivity contribution is 6.38. The molecule has 0 aliphatic rings. The van der Waals surface area contributed by atoms with Crippen LogP contribution in [0, 0.1) is 0 Å². The molecule has 0 radical (unpaired) electrons. The van der Waals surface area contributed by atoms with Gasteiger partial charge in [-0.05, 0) is 30.5 Å². The summed E-state index contributed by atoms with van der Waals surface area (Å²) in [5.41, 5.74) is -0.312. The summed E-state index contributed by atoms with van der Waals surface area (Å²) >= 11 is 15.4. The molecule has 0 rings (SSSR count). The molecule has 1 unspecified atom stereocenters. The first-order chi connectivity index (χ1) is 2.64. The Bertz CT molecular complexity index is 29.8. The van der Waals surface area contributed by atoms with Crippen LogP contribution >= 0.6 is 35.2 Å². The third-order valence-corrected chi connectivity index (χ3v) is 1.25. The summed E-state index contributed by atoms with van der Waals surface area (Å²) in [4.78, 5) is 0. The molecule has 0 saturated heterocycles. The summed E-state index contributed by atoms with van der Waals surface area (Å²) < 4.78 is 0.877. The molecule has 0 saturated carbocycles. The van der Waals surface area contributed by atoms with Crippen LogP contribution in [-0.2, 0) is 0 Å². The molecule has 0 aromatic rings. The number of rotatable bonds is 1. The molecule has 0 N–H and O–H groups in total. The summed E-state index contributed by atoms with van der Waals surface area (Å²) in [5, 5.41) is 0. The van der Waals surface area contributed by atoms with E-state index in [1.165, 1.54) is 0 Å². The van der Waals surface area contributed by atoms with Crippen LogP contribution in [0.2, 0.25) is 0 Å². The highest BCUT2D eigenvalue weighted by Crippen LogP contribution is 2.08. The Morgan fingerprint density at radius 2 is 1.67 bits per heavy atom. The number of hydrogen-bond donors (Lipinski definition) is 0. The highest BCUT2D eigenvalue weighted by Gasteiger charge is 1.99. The van der Waals surface area contributed by atoms with Gasteiger partial charge in [0.2, 0.25) is 0 Å². The number of nitrogens with zero attached hydrogens (tertiary/aromatic N) is 1. The van der Waals surface area contributed by atoms with Gasteiger partial charge in [0.15, 0.2) is 0 Å². The van der Waals surface area contributed by atoms with Crippen molar-refractivity contribution >= 4 is 35.2 Å². The van der Waals surface area contributed by atoms with E-state index in [2.05, 4.69) is 0 Å². The second-order valence-electron chi connectivity index (χ2n) is 0.833. The predicted octanol–water partition coefficient (Wildman–Crippen LogP) is 2.18.